The lowest BCUT2D eigenvalue weighted by molar-refractivity contribution is -0.128. The van der Waals surface area contributed by atoms with Gasteiger partial charge in [-0.15, -0.1) is 0 Å². The molecule has 0 atom stereocenters. The average Bonchev–Trinajstić information content (AvgIpc) is 2.70. The number of hydrogen-bond donors (Lipinski definition) is 1. The number of para-hydroxylation sites is 1. The fourth-order valence-corrected chi connectivity index (χ4v) is 2.49. The molecule has 6 nitrogen and oxygen atoms in total. The molecule has 2 aromatic rings. The molecule has 0 aliphatic heterocycles. The quantitative estimate of drug-likeness (QED) is 0.686. The average molecular weight is 370 g/mol. The first kappa shape index (κ1) is 20.3. The van der Waals surface area contributed by atoms with Crippen LogP contribution < -0.4 is 10.1 Å². The number of carbonyl (C=O) groups is 2. The Labute approximate surface area is 160 Å². The summed E-state index contributed by atoms with van der Waals surface area (Å²) in [7, 11) is 3.37. The Bertz CT molecular complexity index is 759. The number of carbonyl (C=O) groups excluding carboxylic acids is 2. The van der Waals surface area contributed by atoms with Gasteiger partial charge in [-0.3, -0.25) is 4.79 Å². The number of esters is 1. The Morgan fingerprint density at radius 2 is 1.78 bits per heavy atom. The lowest BCUT2D eigenvalue weighted by Gasteiger charge is -2.19. The second-order valence-corrected chi connectivity index (χ2v) is 6.13. The zero-order valence-corrected chi connectivity index (χ0v) is 16.0. The summed E-state index contributed by atoms with van der Waals surface area (Å²) in [5.74, 6) is 0.374. The standard InChI is InChI=1S/C21H26N2O4/c1-4-13-27-21(25)16-9-11-18(12-10-16)22-14-20(24)23(2)15-17-7-5-6-8-19(17)26-3/h5-12,22H,4,13-15H2,1-3H3. The number of amides is 1. The van der Waals surface area contributed by atoms with E-state index in [1.165, 1.54) is 0 Å². The minimum Gasteiger partial charge on any atom is -0.496 e. The van der Waals surface area contributed by atoms with Crippen molar-refractivity contribution >= 4 is 17.6 Å². The molecule has 0 unspecified atom stereocenters. The Morgan fingerprint density at radius 3 is 2.44 bits per heavy atom. The fourth-order valence-electron chi connectivity index (χ4n) is 2.49. The molecule has 0 aliphatic rings. The summed E-state index contributed by atoms with van der Waals surface area (Å²) in [6, 6.07) is 14.5. The van der Waals surface area contributed by atoms with Crippen molar-refractivity contribution in [2.24, 2.45) is 0 Å². The van der Waals surface area contributed by atoms with E-state index in [4.69, 9.17) is 9.47 Å². The zero-order chi connectivity index (χ0) is 19.6. The maximum atomic E-state index is 12.4. The van der Waals surface area contributed by atoms with Crippen LogP contribution in [0, 0.1) is 0 Å². The van der Waals surface area contributed by atoms with E-state index in [2.05, 4.69) is 5.32 Å². The van der Waals surface area contributed by atoms with Crippen molar-refractivity contribution in [3.63, 3.8) is 0 Å². The lowest BCUT2D eigenvalue weighted by atomic mass is 10.2. The maximum absolute atomic E-state index is 12.4. The molecule has 2 aromatic carbocycles. The Morgan fingerprint density at radius 1 is 1.07 bits per heavy atom. The van der Waals surface area contributed by atoms with Gasteiger partial charge in [0.1, 0.15) is 5.75 Å². The number of rotatable bonds is 9. The van der Waals surface area contributed by atoms with E-state index >= 15 is 0 Å². The molecule has 0 heterocycles. The van der Waals surface area contributed by atoms with E-state index in [1.807, 2.05) is 31.2 Å². The summed E-state index contributed by atoms with van der Waals surface area (Å²) in [4.78, 5) is 25.8. The van der Waals surface area contributed by atoms with Crippen molar-refractivity contribution in [2.75, 3.05) is 32.6 Å². The van der Waals surface area contributed by atoms with Crippen LogP contribution in [-0.2, 0) is 16.1 Å². The van der Waals surface area contributed by atoms with Gasteiger partial charge in [-0.05, 0) is 36.8 Å². The number of nitrogens with zero attached hydrogens (tertiary/aromatic N) is 1. The fraction of sp³-hybridized carbons (Fsp3) is 0.333. The largest absolute Gasteiger partial charge is 0.496 e. The van der Waals surface area contributed by atoms with E-state index in [9.17, 15) is 9.59 Å². The molecule has 0 radical (unpaired) electrons. The minimum absolute atomic E-state index is 0.0488. The predicted molar refractivity (Wildman–Crippen MR) is 105 cm³/mol. The van der Waals surface area contributed by atoms with Crippen molar-refractivity contribution < 1.29 is 19.1 Å². The molecule has 0 aliphatic carbocycles. The number of nitrogens with one attached hydrogen (secondary N) is 1. The summed E-state index contributed by atoms with van der Waals surface area (Å²) in [6.07, 6.45) is 0.788. The molecule has 0 fully saturated rings. The van der Waals surface area contributed by atoms with Crippen molar-refractivity contribution in [3.05, 3.63) is 59.7 Å². The summed E-state index contributed by atoms with van der Waals surface area (Å²) < 4.78 is 10.4. The first-order chi connectivity index (χ1) is 13.0. The topological polar surface area (TPSA) is 67.9 Å². The molecule has 1 N–H and O–H groups in total. The highest BCUT2D eigenvalue weighted by Crippen LogP contribution is 2.18. The first-order valence-electron chi connectivity index (χ1n) is 8.92. The van der Waals surface area contributed by atoms with Crippen LogP contribution in [0.5, 0.6) is 5.75 Å². The summed E-state index contributed by atoms with van der Waals surface area (Å²) in [5, 5.41) is 3.07. The van der Waals surface area contributed by atoms with Crippen molar-refractivity contribution in [2.45, 2.75) is 19.9 Å². The van der Waals surface area contributed by atoms with Crippen molar-refractivity contribution in [3.8, 4) is 5.75 Å². The third kappa shape index (κ3) is 6.02. The number of anilines is 1. The monoisotopic (exact) mass is 370 g/mol. The molecule has 2 rings (SSSR count). The number of benzene rings is 2. The number of methoxy groups -OCH3 is 1. The highest BCUT2D eigenvalue weighted by molar-refractivity contribution is 5.90. The van der Waals surface area contributed by atoms with E-state index in [0.29, 0.717) is 18.7 Å². The summed E-state index contributed by atoms with van der Waals surface area (Å²) in [5.41, 5.74) is 2.21. The molecule has 0 aromatic heterocycles. The molecule has 0 spiro atoms. The third-order valence-corrected chi connectivity index (χ3v) is 4.03. The lowest BCUT2D eigenvalue weighted by Crippen LogP contribution is -2.31. The van der Waals surface area contributed by atoms with Gasteiger partial charge in [0.2, 0.25) is 5.91 Å². The van der Waals surface area contributed by atoms with E-state index in [-0.39, 0.29) is 18.4 Å². The van der Waals surface area contributed by atoms with E-state index in [0.717, 1.165) is 23.4 Å². The minimum atomic E-state index is -0.337. The molecular formula is C21H26N2O4. The zero-order valence-electron chi connectivity index (χ0n) is 16.0. The smallest absolute Gasteiger partial charge is 0.338 e. The van der Waals surface area contributed by atoms with Crippen LogP contribution in [0.2, 0.25) is 0 Å². The van der Waals surface area contributed by atoms with Gasteiger partial charge in [-0.1, -0.05) is 25.1 Å². The summed E-state index contributed by atoms with van der Waals surface area (Å²) >= 11 is 0. The Kier molecular flexibility index (Phi) is 7.67. The van der Waals surface area contributed by atoms with Crippen LogP contribution >= 0.6 is 0 Å². The van der Waals surface area contributed by atoms with Gasteiger partial charge in [0.05, 0.1) is 25.8 Å². The SMILES string of the molecule is CCCOC(=O)c1ccc(NCC(=O)N(C)Cc2ccccc2OC)cc1. The maximum Gasteiger partial charge on any atom is 0.338 e. The van der Waals surface area contributed by atoms with Crippen LogP contribution in [0.15, 0.2) is 48.5 Å². The summed E-state index contributed by atoms with van der Waals surface area (Å²) in [6.45, 7) is 2.98. The molecule has 0 saturated carbocycles. The second kappa shape index (κ2) is 10.2. The normalized spacial score (nSPS) is 10.2. The Hall–Kier alpha value is -3.02. The highest BCUT2D eigenvalue weighted by atomic mass is 16.5. The number of hydrogen-bond acceptors (Lipinski definition) is 5. The third-order valence-electron chi connectivity index (χ3n) is 4.03. The molecule has 1 amide bonds. The van der Waals surface area contributed by atoms with Crippen LogP contribution in [0.3, 0.4) is 0 Å². The van der Waals surface area contributed by atoms with Crippen LogP contribution in [-0.4, -0.2) is 44.1 Å². The number of ether oxygens (including phenoxy) is 2. The van der Waals surface area contributed by atoms with Gasteiger partial charge in [0.25, 0.3) is 0 Å². The second-order valence-electron chi connectivity index (χ2n) is 6.13. The molecule has 144 valence electrons. The molecule has 0 bridgehead atoms. The predicted octanol–water partition coefficient (Wildman–Crippen LogP) is 3.33. The van der Waals surface area contributed by atoms with Crippen LogP contribution in [0.1, 0.15) is 29.3 Å². The van der Waals surface area contributed by atoms with Gasteiger partial charge < -0.3 is 19.7 Å². The molecular weight excluding hydrogens is 344 g/mol. The van der Waals surface area contributed by atoms with Gasteiger partial charge in [-0.2, -0.15) is 0 Å². The molecule has 6 heteroatoms. The van der Waals surface area contributed by atoms with Gasteiger partial charge in [0.15, 0.2) is 0 Å². The van der Waals surface area contributed by atoms with Gasteiger partial charge >= 0.3 is 5.97 Å². The van der Waals surface area contributed by atoms with Gasteiger partial charge in [0, 0.05) is 24.8 Å². The van der Waals surface area contributed by atoms with Gasteiger partial charge in [-0.25, -0.2) is 4.79 Å². The molecule has 0 saturated heterocycles. The number of likely N-dealkylation sites (N-methyl/N-ethyl adjacent to an activating group) is 1. The van der Waals surface area contributed by atoms with E-state index < -0.39 is 0 Å². The van der Waals surface area contributed by atoms with Crippen LogP contribution in [0.25, 0.3) is 0 Å². The highest BCUT2D eigenvalue weighted by Gasteiger charge is 2.12. The van der Waals surface area contributed by atoms with Crippen molar-refractivity contribution in [1.29, 1.82) is 0 Å². The van der Waals surface area contributed by atoms with Crippen molar-refractivity contribution in [1.82, 2.24) is 4.90 Å². The van der Waals surface area contributed by atoms with Crippen LogP contribution in [0.4, 0.5) is 5.69 Å². The van der Waals surface area contributed by atoms with E-state index in [1.54, 1.807) is 43.3 Å². The Balaban J connectivity index is 1.86. The molecule has 27 heavy (non-hydrogen) atoms. The first-order valence-corrected chi connectivity index (χ1v) is 8.92.